The van der Waals surface area contributed by atoms with Gasteiger partial charge in [-0.25, -0.2) is 9.18 Å². The molecule has 0 unspecified atom stereocenters. The molecule has 2 amide bonds. The Kier molecular flexibility index (Phi) is 5.48. The molecular formula is C20H22FN7O. The first-order valence-electron chi connectivity index (χ1n) is 9.46. The van der Waals surface area contributed by atoms with Gasteiger partial charge in [0.15, 0.2) is 5.82 Å². The lowest BCUT2D eigenvalue weighted by Gasteiger charge is -2.34. The molecule has 29 heavy (non-hydrogen) atoms. The zero-order valence-electron chi connectivity index (χ0n) is 16.1. The van der Waals surface area contributed by atoms with Crippen molar-refractivity contribution in [2.24, 2.45) is 0 Å². The highest BCUT2D eigenvalue weighted by Crippen LogP contribution is 2.14. The summed E-state index contributed by atoms with van der Waals surface area (Å²) in [7, 11) is 0. The molecule has 1 saturated heterocycles. The summed E-state index contributed by atoms with van der Waals surface area (Å²) >= 11 is 0. The number of halogens is 1. The number of aromatic nitrogens is 4. The SMILES string of the molecule is Cc1ccc(-n2nnnc2CN2CCN(C(=O)Nc3ccc(F)cc3)CC2)cc1. The average Bonchev–Trinajstić information content (AvgIpc) is 3.19. The molecule has 150 valence electrons. The van der Waals surface area contributed by atoms with E-state index < -0.39 is 0 Å². The molecule has 2 heterocycles. The Morgan fingerprint density at radius 1 is 1.03 bits per heavy atom. The highest BCUT2D eigenvalue weighted by Gasteiger charge is 2.23. The zero-order valence-corrected chi connectivity index (χ0v) is 16.1. The van der Waals surface area contributed by atoms with Crippen molar-refractivity contribution in [1.82, 2.24) is 30.0 Å². The van der Waals surface area contributed by atoms with Gasteiger partial charge < -0.3 is 10.2 Å². The van der Waals surface area contributed by atoms with Crippen molar-refractivity contribution in [2.45, 2.75) is 13.5 Å². The lowest BCUT2D eigenvalue weighted by molar-refractivity contribution is 0.140. The molecule has 1 N–H and O–H groups in total. The lowest BCUT2D eigenvalue weighted by atomic mass is 10.2. The number of rotatable bonds is 4. The topological polar surface area (TPSA) is 79.2 Å². The Morgan fingerprint density at radius 3 is 2.41 bits per heavy atom. The summed E-state index contributed by atoms with van der Waals surface area (Å²) in [5, 5.41) is 14.9. The quantitative estimate of drug-likeness (QED) is 0.734. The number of urea groups is 1. The number of benzene rings is 2. The predicted molar refractivity (Wildman–Crippen MR) is 106 cm³/mol. The molecule has 0 aliphatic carbocycles. The standard InChI is InChI=1S/C20H22FN7O/c1-15-2-8-18(9-3-15)28-19(23-24-25-28)14-26-10-12-27(13-11-26)20(29)22-17-6-4-16(21)5-7-17/h2-9H,10-14H2,1H3,(H,22,29). The van der Waals surface area contributed by atoms with Crippen molar-refractivity contribution in [3.05, 3.63) is 65.7 Å². The first-order valence-corrected chi connectivity index (χ1v) is 9.46. The number of amides is 2. The first-order chi connectivity index (χ1) is 14.1. The molecule has 1 fully saturated rings. The van der Waals surface area contributed by atoms with Crippen LogP contribution in [0.25, 0.3) is 5.69 Å². The Balaban J connectivity index is 1.32. The minimum Gasteiger partial charge on any atom is -0.322 e. The second kappa shape index (κ2) is 8.36. The van der Waals surface area contributed by atoms with Crippen LogP contribution in [0, 0.1) is 12.7 Å². The van der Waals surface area contributed by atoms with Crippen LogP contribution in [0.3, 0.4) is 0 Å². The van der Waals surface area contributed by atoms with E-state index in [4.69, 9.17) is 0 Å². The lowest BCUT2D eigenvalue weighted by Crippen LogP contribution is -2.49. The van der Waals surface area contributed by atoms with Gasteiger partial charge in [-0.3, -0.25) is 4.90 Å². The van der Waals surface area contributed by atoms with Gasteiger partial charge in [0.2, 0.25) is 0 Å². The van der Waals surface area contributed by atoms with Crippen LogP contribution in [0.4, 0.5) is 14.9 Å². The first kappa shape index (κ1) is 19.0. The summed E-state index contributed by atoms with van der Waals surface area (Å²) in [6.45, 7) is 5.28. The van der Waals surface area contributed by atoms with Crippen molar-refractivity contribution in [3.8, 4) is 5.69 Å². The summed E-state index contributed by atoms with van der Waals surface area (Å²) in [5.74, 6) is 0.433. The fourth-order valence-electron chi connectivity index (χ4n) is 3.24. The molecule has 9 heteroatoms. The number of carbonyl (C=O) groups is 1. The number of nitrogens with zero attached hydrogens (tertiary/aromatic N) is 6. The zero-order chi connectivity index (χ0) is 20.2. The van der Waals surface area contributed by atoms with Gasteiger partial charge in [-0.1, -0.05) is 17.7 Å². The molecule has 1 aliphatic rings. The highest BCUT2D eigenvalue weighted by molar-refractivity contribution is 5.89. The van der Waals surface area contributed by atoms with Gasteiger partial charge in [0.1, 0.15) is 5.82 Å². The molecule has 0 radical (unpaired) electrons. The van der Waals surface area contributed by atoms with Gasteiger partial charge in [-0.05, 0) is 53.7 Å². The van der Waals surface area contributed by atoms with E-state index in [1.165, 1.54) is 17.7 Å². The molecule has 2 aromatic carbocycles. The largest absolute Gasteiger partial charge is 0.322 e. The van der Waals surface area contributed by atoms with Crippen LogP contribution < -0.4 is 5.32 Å². The van der Waals surface area contributed by atoms with Crippen LogP contribution in [0.2, 0.25) is 0 Å². The molecule has 1 aromatic heterocycles. The molecule has 1 aliphatic heterocycles. The van der Waals surface area contributed by atoms with Gasteiger partial charge in [0, 0.05) is 31.9 Å². The van der Waals surface area contributed by atoms with Crippen LogP contribution in [-0.4, -0.2) is 62.2 Å². The maximum absolute atomic E-state index is 13.0. The monoisotopic (exact) mass is 395 g/mol. The van der Waals surface area contributed by atoms with E-state index in [-0.39, 0.29) is 11.8 Å². The van der Waals surface area contributed by atoms with E-state index in [0.717, 1.165) is 24.6 Å². The van der Waals surface area contributed by atoms with Crippen molar-refractivity contribution in [3.63, 3.8) is 0 Å². The number of hydrogen-bond donors (Lipinski definition) is 1. The smallest absolute Gasteiger partial charge is 0.321 e. The van der Waals surface area contributed by atoms with Gasteiger partial charge in [0.05, 0.1) is 12.2 Å². The average molecular weight is 395 g/mol. The summed E-state index contributed by atoms with van der Waals surface area (Å²) < 4.78 is 14.7. The third-order valence-corrected chi connectivity index (χ3v) is 4.93. The number of piperazine rings is 1. The van der Waals surface area contributed by atoms with E-state index in [2.05, 4.69) is 25.7 Å². The number of nitrogens with one attached hydrogen (secondary N) is 1. The van der Waals surface area contributed by atoms with Gasteiger partial charge >= 0.3 is 6.03 Å². The summed E-state index contributed by atoms with van der Waals surface area (Å²) in [5.41, 5.74) is 2.68. The molecule has 0 atom stereocenters. The fourth-order valence-corrected chi connectivity index (χ4v) is 3.24. The van der Waals surface area contributed by atoms with Crippen LogP contribution >= 0.6 is 0 Å². The number of tetrazole rings is 1. The Labute approximate surface area is 167 Å². The third-order valence-electron chi connectivity index (χ3n) is 4.93. The molecule has 0 spiro atoms. The minimum absolute atomic E-state index is 0.180. The van der Waals surface area contributed by atoms with Crippen LogP contribution in [0.1, 0.15) is 11.4 Å². The van der Waals surface area contributed by atoms with E-state index >= 15 is 0 Å². The predicted octanol–water partition coefficient (Wildman–Crippen LogP) is 2.46. The van der Waals surface area contributed by atoms with Crippen molar-refractivity contribution >= 4 is 11.7 Å². The van der Waals surface area contributed by atoms with Crippen molar-refractivity contribution in [1.29, 1.82) is 0 Å². The summed E-state index contributed by atoms with van der Waals surface area (Å²) in [6.07, 6.45) is 0. The molecule has 8 nitrogen and oxygen atoms in total. The van der Waals surface area contributed by atoms with E-state index in [9.17, 15) is 9.18 Å². The van der Waals surface area contributed by atoms with E-state index in [1.807, 2.05) is 31.2 Å². The summed E-state index contributed by atoms with van der Waals surface area (Å²) in [4.78, 5) is 16.4. The Bertz CT molecular complexity index is 963. The van der Waals surface area contributed by atoms with Gasteiger partial charge in [-0.2, -0.15) is 4.68 Å². The fraction of sp³-hybridized carbons (Fsp3) is 0.300. The van der Waals surface area contributed by atoms with Crippen LogP contribution in [0.5, 0.6) is 0 Å². The molecule has 0 saturated carbocycles. The second-order valence-corrected chi connectivity index (χ2v) is 7.04. The molecule has 4 rings (SSSR count). The molecule has 0 bridgehead atoms. The number of anilines is 1. The van der Waals surface area contributed by atoms with Crippen molar-refractivity contribution < 1.29 is 9.18 Å². The van der Waals surface area contributed by atoms with Crippen LogP contribution in [0.15, 0.2) is 48.5 Å². The third kappa shape index (κ3) is 4.57. The summed E-state index contributed by atoms with van der Waals surface area (Å²) in [6, 6.07) is 13.6. The second-order valence-electron chi connectivity index (χ2n) is 7.04. The Morgan fingerprint density at radius 2 is 1.72 bits per heavy atom. The van der Waals surface area contributed by atoms with E-state index in [0.29, 0.717) is 25.3 Å². The highest BCUT2D eigenvalue weighted by atomic mass is 19.1. The normalized spacial score (nSPS) is 14.8. The molecular weight excluding hydrogens is 373 g/mol. The van der Waals surface area contributed by atoms with E-state index in [1.54, 1.807) is 21.7 Å². The number of hydrogen-bond acceptors (Lipinski definition) is 5. The minimum atomic E-state index is -0.329. The maximum atomic E-state index is 13.0. The number of aryl methyl sites for hydroxylation is 1. The Hall–Kier alpha value is -3.33. The van der Waals surface area contributed by atoms with Crippen molar-refractivity contribution in [2.75, 3.05) is 31.5 Å². The van der Waals surface area contributed by atoms with Gasteiger partial charge in [0.25, 0.3) is 0 Å². The van der Waals surface area contributed by atoms with Gasteiger partial charge in [-0.15, -0.1) is 5.10 Å². The molecule has 3 aromatic rings. The van der Waals surface area contributed by atoms with Crippen LogP contribution in [-0.2, 0) is 6.54 Å². The number of carbonyl (C=O) groups excluding carboxylic acids is 1. The maximum Gasteiger partial charge on any atom is 0.321 e.